The highest BCUT2D eigenvalue weighted by molar-refractivity contribution is 9.10. The van der Waals surface area contributed by atoms with Gasteiger partial charge in [-0.2, -0.15) is 0 Å². The summed E-state index contributed by atoms with van der Waals surface area (Å²) in [5, 5.41) is 12.2. The number of halogens is 2. The first-order chi connectivity index (χ1) is 9.49. The van der Waals surface area contributed by atoms with Crippen LogP contribution in [0.2, 0.25) is 0 Å². The van der Waals surface area contributed by atoms with Crippen molar-refractivity contribution < 1.29 is 28.3 Å². The molecule has 0 radical (unpaired) electrons. The second kappa shape index (κ2) is 5.49. The van der Waals surface area contributed by atoms with Gasteiger partial charge in [0.05, 0.1) is 19.8 Å². The van der Waals surface area contributed by atoms with Crippen molar-refractivity contribution in [2.75, 3.05) is 14.2 Å². The van der Waals surface area contributed by atoms with Gasteiger partial charge in [0.1, 0.15) is 0 Å². The molecule has 0 fully saturated rings. The zero-order valence-corrected chi connectivity index (χ0v) is 12.0. The average molecular weight is 346 g/mol. The van der Waals surface area contributed by atoms with E-state index in [2.05, 4.69) is 21.1 Å². The van der Waals surface area contributed by atoms with Gasteiger partial charge in [0.2, 0.25) is 0 Å². The molecule has 6 nitrogen and oxygen atoms in total. The Morgan fingerprint density at radius 1 is 1.35 bits per heavy atom. The quantitative estimate of drug-likeness (QED) is 0.917. The fourth-order valence-electron chi connectivity index (χ4n) is 1.69. The first kappa shape index (κ1) is 14.3. The standard InChI is InChI=1S/C12H9BrFNO5/c1-18-10-6(14)3-5(13)9(11(10)19-2)8-4-7(12(16)17)15-20-8/h3-4H,1-2H3,(H,16,17). The van der Waals surface area contributed by atoms with Gasteiger partial charge >= 0.3 is 5.97 Å². The number of aromatic nitrogens is 1. The Bertz CT molecular complexity index is 670. The number of aromatic carboxylic acids is 1. The van der Waals surface area contributed by atoms with E-state index in [1.807, 2.05) is 0 Å². The minimum absolute atomic E-state index is 0.0764. The highest BCUT2D eigenvalue weighted by Crippen LogP contribution is 2.44. The molecule has 1 N–H and O–H groups in total. The monoisotopic (exact) mass is 345 g/mol. The number of nitrogens with zero attached hydrogens (tertiary/aromatic N) is 1. The second-order valence-corrected chi connectivity index (χ2v) is 4.52. The number of hydrogen-bond donors (Lipinski definition) is 1. The topological polar surface area (TPSA) is 81.8 Å². The van der Waals surface area contributed by atoms with Crippen LogP contribution in [0.4, 0.5) is 4.39 Å². The van der Waals surface area contributed by atoms with E-state index in [9.17, 15) is 9.18 Å². The third kappa shape index (κ3) is 2.34. The Hall–Kier alpha value is -2.09. The van der Waals surface area contributed by atoms with Gasteiger partial charge in [0.15, 0.2) is 28.8 Å². The third-order valence-corrected chi connectivity index (χ3v) is 3.15. The molecule has 1 heterocycles. The van der Waals surface area contributed by atoms with Crippen molar-refractivity contribution in [1.29, 1.82) is 0 Å². The fourth-order valence-corrected chi connectivity index (χ4v) is 2.26. The summed E-state index contributed by atoms with van der Waals surface area (Å²) in [5.41, 5.74) is 0.0444. The lowest BCUT2D eigenvalue weighted by Gasteiger charge is -2.13. The Kier molecular flexibility index (Phi) is 3.93. The maximum atomic E-state index is 13.8. The molecular formula is C12H9BrFNO5. The average Bonchev–Trinajstić information content (AvgIpc) is 2.87. The van der Waals surface area contributed by atoms with E-state index in [0.717, 1.165) is 0 Å². The third-order valence-electron chi connectivity index (χ3n) is 2.53. The Balaban J connectivity index is 2.68. The van der Waals surface area contributed by atoms with E-state index in [4.69, 9.17) is 19.1 Å². The summed E-state index contributed by atoms with van der Waals surface area (Å²) >= 11 is 3.17. The Morgan fingerprint density at radius 2 is 2.00 bits per heavy atom. The number of benzene rings is 1. The van der Waals surface area contributed by atoms with E-state index < -0.39 is 11.8 Å². The number of carboxylic acid groups (broad SMARTS) is 1. The maximum Gasteiger partial charge on any atom is 0.358 e. The number of carboxylic acids is 1. The highest BCUT2D eigenvalue weighted by atomic mass is 79.9. The van der Waals surface area contributed by atoms with E-state index >= 15 is 0 Å². The molecule has 0 saturated heterocycles. The Morgan fingerprint density at radius 3 is 2.50 bits per heavy atom. The number of ether oxygens (including phenoxy) is 2. The van der Waals surface area contributed by atoms with Crippen molar-refractivity contribution >= 4 is 21.9 Å². The van der Waals surface area contributed by atoms with Crippen LogP contribution < -0.4 is 9.47 Å². The highest BCUT2D eigenvalue weighted by Gasteiger charge is 2.24. The van der Waals surface area contributed by atoms with Crippen LogP contribution in [0, 0.1) is 5.82 Å². The van der Waals surface area contributed by atoms with Crippen LogP contribution in [0.15, 0.2) is 21.1 Å². The molecule has 106 valence electrons. The predicted octanol–water partition coefficient (Wildman–Crippen LogP) is 2.96. The lowest BCUT2D eigenvalue weighted by molar-refractivity contribution is 0.0686. The largest absolute Gasteiger partial charge is 0.492 e. The zero-order chi connectivity index (χ0) is 14.9. The van der Waals surface area contributed by atoms with Crippen molar-refractivity contribution in [3.63, 3.8) is 0 Å². The molecule has 0 aliphatic heterocycles. The normalized spacial score (nSPS) is 10.4. The maximum absolute atomic E-state index is 13.8. The summed E-state index contributed by atoms with van der Waals surface area (Å²) in [6.45, 7) is 0. The van der Waals surface area contributed by atoms with Gasteiger partial charge in [0, 0.05) is 10.5 Å². The van der Waals surface area contributed by atoms with Crippen LogP contribution in [0.25, 0.3) is 11.3 Å². The summed E-state index contributed by atoms with van der Waals surface area (Å²) in [7, 11) is 2.63. The van der Waals surface area contributed by atoms with Gasteiger partial charge in [0.25, 0.3) is 0 Å². The molecular weight excluding hydrogens is 337 g/mol. The molecule has 0 atom stereocenters. The van der Waals surface area contributed by atoms with Gasteiger partial charge in [-0.25, -0.2) is 9.18 Å². The number of rotatable bonds is 4. The van der Waals surface area contributed by atoms with Gasteiger partial charge < -0.3 is 19.1 Å². The summed E-state index contributed by atoms with van der Waals surface area (Å²) < 4.78 is 29.1. The Labute approximate surface area is 121 Å². The van der Waals surface area contributed by atoms with Gasteiger partial charge in [-0.3, -0.25) is 0 Å². The fraction of sp³-hybridized carbons (Fsp3) is 0.167. The molecule has 0 aliphatic carbocycles. The van der Waals surface area contributed by atoms with Gasteiger partial charge in [-0.1, -0.05) is 5.16 Å². The van der Waals surface area contributed by atoms with E-state index in [1.165, 1.54) is 26.4 Å². The first-order valence-corrected chi connectivity index (χ1v) is 6.09. The molecule has 0 bridgehead atoms. The van der Waals surface area contributed by atoms with Gasteiger partial charge in [-0.15, -0.1) is 0 Å². The summed E-state index contributed by atoms with van der Waals surface area (Å²) in [5.74, 6) is -1.78. The number of methoxy groups -OCH3 is 2. The predicted molar refractivity (Wildman–Crippen MR) is 69.7 cm³/mol. The summed E-state index contributed by atoms with van der Waals surface area (Å²) in [4.78, 5) is 10.8. The minimum atomic E-state index is -1.23. The van der Waals surface area contributed by atoms with Crippen molar-refractivity contribution in [1.82, 2.24) is 5.16 Å². The minimum Gasteiger partial charge on any atom is -0.492 e. The zero-order valence-electron chi connectivity index (χ0n) is 10.4. The van der Waals surface area contributed by atoms with Crippen LogP contribution in [0.3, 0.4) is 0 Å². The van der Waals surface area contributed by atoms with E-state index in [0.29, 0.717) is 10.0 Å². The smallest absolute Gasteiger partial charge is 0.358 e. The molecule has 1 aromatic carbocycles. The molecule has 0 saturated carbocycles. The molecule has 20 heavy (non-hydrogen) atoms. The summed E-state index contributed by atoms with van der Waals surface area (Å²) in [6.07, 6.45) is 0. The molecule has 0 unspecified atom stereocenters. The van der Waals surface area contributed by atoms with Crippen molar-refractivity contribution in [2.24, 2.45) is 0 Å². The van der Waals surface area contributed by atoms with Crippen LogP contribution in [-0.4, -0.2) is 30.5 Å². The van der Waals surface area contributed by atoms with Crippen LogP contribution in [0.5, 0.6) is 11.5 Å². The summed E-state index contributed by atoms with van der Waals surface area (Å²) in [6, 6.07) is 2.38. The lowest BCUT2D eigenvalue weighted by atomic mass is 10.1. The molecule has 0 amide bonds. The SMILES string of the molecule is COc1c(F)cc(Br)c(-c2cc(C(=O)O)no2)c1OC. The molecule has 2 aromatic rings. The van der Waals surface area contributed by atoms with Crippen LogP contribution in [0.1, 0.15) is 10.5 Å². The van der Waals surface area contributed by atoms with Gasteiger partial charge in [-0.05, 0) is 22.0 Å². The van der Waals surface area contributed by atoms with E-state index in [1.54, 1.807) is 0 Å². The number of hydrogen-bond acceptors (Lipinski definition) is 5. The lowest BCUT2D eigenvalue weighted by Crippen LogP contribution is -1.97. The molecule has 0 aliphatic rings. The molecule has 0 spiro atoms. The van der Waals surface area contributed by atoms with Crippen molar-refractivity contribution in [3.8, 4) is 22.8 Å². The van der Waals surface area contributed by atoms with Crippen LogP contribution >= 0.6 is 15.9 Å². The molecule has 2 rings (SSSR count). The first-order valence-electron chi connectivity index (χ1n) is 5.30. The van der Waals surface area contributed by atoms with E-state index in [-0.39, 0.29) is 23.0 Å². The molecule has 1 aromatic heterocycles. The van der Waals surface area contributed by atoms with Crippen molar-refractivity contribution in [3.05, 3.63) is 28.1 Å². The second-order valence-electron chi connectivity index (χ2n) is 3.66. The number of carbonyl (C=O) groups is 1. The van der Waals surface area contributed by atoms with Crippen LogP contribution in [-0.2, 0) is 0 Å². The van der Waals surface area contributed by atoms with Crippen molar-refractivity contribution in [2.45, 2.75) is 0 Å². The molecule has 8 heteroatoms.